The number of hydrogen-bond donors (Lipinski definition) is 3. The monoisotopic (exact) mass is 554 g/mol. The zero-order valence-electron chi connectivity index (χ0n) is 23.8. The van der Waals surface area contributed by atoms with Gasteiger partial charge in [-0.05, 0) is 94.2 Å². The highest BCUT2D eigenvalue weighted by molar-refractivity contribution is 5.86. The number of halogens is 2. The van der Waals surface area contributed by atoms with Crippen molar-refractivity contribution >= 4 is 11.9 Å². The van der Waals surface area contributed by atoms with Gasteiger partial charge in [0.1, 0.15) is 17.7 Å². The predicted molar refractivity (Wildman–Crippen MR) is 150 cm³/mol. The molecule has 3 atom stereocenters. The number of carbonyl (C=O) groups excluding carboxylic acids is 1. The fraction of sp³-hybridized carbons (Fsp3) is 0.562. The van der Waals surface area contributed by atoms with E-state index < -0.39 is 28.5 Å². The summed E-state index contributed by atoms with van der Waals surface area (Å²) in [6.07, 6.45) is 4.64. The van der Waals surface area contributed by atoms with Gasteiger partial charge in [0.15, 0.2) is 0 Å². The van der Waals surface area contributed by atoms with E-state index in [1.165, 1.54) is 6.07 Å². The van der Waals surface area contributed by atoms with Crippen molar-refractivity contribution in [3.8, 4) is 16.9 Å². The Balaban J connectivity index is 1.39. The van der Waals surface area contributed by atoms with Gasteiger partial charge in [0, 0.05) is 36.5 Å². The lowest BCUT2D eigenvalue weighted by atomic mass is 9.76. The Hall–Kier alpha value is -3.00. The van der Waals surface area contributed by atoms with Crippen molar-refractivity contribution in [2.24, 2.45) is 0 Å². The molecule has 3 aliphatic rings. The largest absolute Gasteiger partial charge is 0.490 e. The summed E-state index contributed by atoms with van der Waals surface area (Å²) in [6, 6.07) is 10.2. The van der Waals surface area contributed by atoms with E-state index in [0.717, 1.165) is 24.8 Å². The lowest BCUT2D eigenvalue weighted by molar-refractivity contribution is -0.142. The van der Waals surface area contributed by atoms with Crippen LogP contribution in [0.1, 0.15) is 89.7 Å². The van der Waals surface area contributed by atoms with Gasteiger partial charge in [-0.15, -0.1) is 0 Å². The van der Waals surface area contributed by atoms with Gasteiger partial charge in [0.05, 0.1) is 5.41 Å². The molecule has 2 saturated carbocycles. The molecule has 1 saturated heterocycles. The van der Waals surface area contributed by atoms with Crippen LogP contribution >= 0.6 is 0 Å². The summed E-state index contributed by atoms with van der Waals surface area (Å²) >= 11 is 0. The third-order valence-corrected chi connectivity index (χ3v) is 9.08. The number of nitrogens with one attached hydrogen (secondary N) is 2. The van der Waals surface area contributed by atoms with Crippen LogP contribution in [0.5, 0.6) is 5.75 Å². The van der Waals surface area contributed by atoms with Crippen LogP contribution in [0.25, 0.3) is 11.1 Å². The van der Waals surface area contributed by atoms with E-state index >= 15 is 8.78 Å². The summed E-state index contributed by atoms with van der Waals surface area (Å²) in [5, 5.41) is 15.8. The minimum absolute atomic E-state index is 0.00214. The number of carbonyl (C=O) groups is 2. The van der Waals surface area contributed by atoms with Gasteiger partial charge in [0.2, 0.25) is 5.67 Å². The van der Waals surface area contributed by atoms with Gasteiger partial charge < -0.3 is 20.5 Å². The fourth-order valence-electron chi connectivity index (χ4n) is 6.28. The minimum atomic E-state index is -1.93. The van der Waals surface area contributed by atoms with Crippen LogP contribution in [-0.2, 0) is 15.0 Å². The second-order valence-electron chi connectivity index (χ2n) is 13.1. The molecule has 0 unspecified atom stereocenters. The molecule has 5 rings (SSSR count). The van der Waals surface area contributed by atoms with Crippen LogP contribution in [0.15, 0.2) is 36.4 Å². The van der Waals surface area contributed by atoms with Crippen LogP contribution in [0.4, 0.5) is 8.78 Å². The molecule has 0 bridgehead atoms. The molecule has 0 aromatic heterocycles. The molecule has 2 aliphatic carbocycles. The Morgan fingerprint density at radius 3 is 2.48 bits per heavy atom. The maximum absolute atomic E-state index is 15.3. The van der Waals surface area contributed by atoms with Crippen molar-refractivity contribution in [1.29, 1.82) is 0 Å². The van der Waals surface area contributed by atoms with Crippen molar-refractivity contribution in [2.45, 2.75) is 107 Å². The number of rotatable bonds is 8. The van der Waals surface area contributed by atoms with Crippen molar-refractivity contribution in [1.82, 2.24) is 10.6 Å². The van der Waals surface area contributed by atoms with Gasteiger partial charge in [-0.3, -0.25) is 9.59 Å². The fourth-order valence-corrected chi connectivity index (χ4v) is 6.28. The molecule has 1 amide bonds. The number of hydrogen-bond acceptors (Lipinski definition) is 4. The quantitative estimate of drug-likeness (QED) is 0.372. The highest BCUT2D eigenvalue weighted by atomic mass is 19.1. The van der Waals surface area contributed by atoms with Crippen molar-refractivity contribution in [2.75, 3.05) is 6.54 Å². The first-order valence-electron chi connectivity index (χ1n) is 14.4. The highest BCUT2D eigenvalue weighted by Gasteiger charge is 2.49. The number of benzene rings is 2. The second-order valence-corrected chi connectivity index (χ2v) is 13.1. The first-order valence-corrected chi connectivity index (χ1v) is 14.4. The standard InChI is InChI=1S/C32H40F2N2O4/c1-30(2)17-32(34,18-35-30)28(37)36-21-12-13-22(16-21)40-26-14-11-20(31(3,4)29(38)39)15-24(26)23-9-6-10-25(33)27(23)19-7-5-8-19/h6,9-11,14-15,19,21-22,35H,5,7-8,12-13,16-18H2,1-4H3,(H,36,37)(H,38,39)/t21-,22-,32+/m1/s1. The summed E-state index contributed by atoms with van der Waals surface area (Å²) in [4.78, 5) is 24.9. The molecule has 0 radical (unpaired) electrons. The Morgan fingerprint density at radius 1 is 1.10 bits per heavy atom. The molecular formula is C32H40F2N2O4. The Bertz CT molecular complexity index is 1310. The maximum atomic E-state index is 15.3. The third-order valence-electron chi connectivity index (χ3n) is 9.08. The number of ether oxygens (including phenoxy) is 1. The summed E-state index contributed by atoms with van der Waals surface area (Å²) in [5.74, 6) is -1.12. The molecular weight excluding hydrogens is 514 g/mol. The Labute approximate surface area is 234 Å². The van der Waals surface area contributed by atoms with Gasteiger partial charge in [-0.2, -0.15) is 0 Å². The van der Waals surface area contributed by atoms with Crippen LogP contribution in [0.2, 0.25) is 0 Å². The minimum Gasteiger partial charge on any atom is -0.490 e. The van der Waals surface area contributed by atoms with Crippen LogP contribution in [-0.4, -0.2) is 46.9 Å². The number of carboxylic acids is 1. The molecule has 8 heteroatoms. The molecule has 2 aromatic carbocycles. The third kappa shape index (κ3) is 5.47. The SMILES string of the molecule is CC1(C)C[C@@](F)(C(=O)N[C@@H]2CC[C@@H](Oc3ccc(C(C)(C)C(=O)O)cc3-c3cccc(F)c3C3CCC3)C2)CN1. The number of aliphatic carboxylic acids is 1. The molecule has 6 nitrogen and oxygen atoms in total. The van der Waals surface area contributed by atoms with E-state index in [2.05, 4.69) is 10.6 Å². The molecule has 0 spiro atoms. The highest BCUT2D eigenvalue weighted by Crippen LogP contribution is 2.46. The van der Waals surface area contributed by atoms with E-state index in [-0.39, 0.29) is 36.8 Å². The van der Waals surface area contributed by atoms with Gasteiger partial charge in [0.25, 0.3) is 5.91 Å². The van der Waals surface area contributed by atoms with Crippen LogP contribution in [0, 0.1) is 5.82 Å². The molecule has 40 heavy (non-hydrogen) atoms. The van der Waals surface area contributed by atoms with Crippen LogP contribution < -0.4 is 15.4 Å². The lowest BCUT2D eigenvalue weighted by Gasteiger charge is -2.30. The van der Waals surface area contributed by atoms with Crippen molar-refractivity contribution < 1.29 is 28.2 Å². The molecule has 216 valence electrons. The summed E-state index contributed by atoms with van der Waals surface area (Å²) in [5.41, 5.74) is -0.862. The molecule has 1 aliphatic heterocycles. The summed E-state index contributed by atoms with van der Waals surface area (Å²) in [7, 11) is 0. The summed E-state index contributed by atoms with van der Waals surface area (Å²) in [6.45, 7) is 7.07. The van der Waals surface area contributed by atoms with E-state index in [0.29, 0.717) is 41.7 Å². The maximum Gasteiger partial charge on any atom is 0.313 e. The Morgan fingerprint density at radius 2 is 1.85 bits per heavy atom. The molecule has 1 heterocycles. The zero-order chi connectivity index (χ0) is 28.9. The Kier molecular flexibility index (Phi) is 7.44. The van der Waals surface area contributed by atoms with Crippen molar-refractivity contribution in [3.05, 3.63) is 53.3 Å². The number of carboxylic acid groups (broad SMARTS) is 1. The van der Waals surface area contributed by atoms with E-state index in [1.807, 2.05) is 26.0 Å². The number of alkyl halides is 1. The van der Waals surface area contributed by atoms with E-state index in [1.54, 1.807) is 32.0 Å². The average Bonchev–Trinajstić information content (AvgIpc) is 3.42. The van der Waals surface area contributed by atoms with Crippen molar-refractivity contribution in [3.63, 3.8) is 0 Å². The summed E-state index contributed by atoms with van der Waals surface area (Å²) < 4.78 is 37.0. The van der Waals surface area contributed by atoms with Gasteiger partial charge in [-0.1, -0.05) is 24.6 Å². The van der Waals surface area contributed by atoms with Crippen LogP contribution in [0.3, 0.4) is 0 Å². The first kappa shape index (κ1) is 28.5. The lowest BCUT2D eigenvalue weighted by Crippen LogP contribution is -2.48. The second kappa shape index (κ2) is 10.4. The first-order chi connectivity index (χ1) is 18.8. The number of amides is 1. The zero-order valence-corrected chi connectivity index (χ0v) is 23.8. The van der Waals surface area contributed by atoms with E-state index in [4.69, 9.17) is 4.74 Å². The average molecular weight is 555 g/mol. The topological polar surface area (TPSA) is 87.7 Å². The molecule has 2 aromatic rings. The molecule has 3 N–H and O–H groups in total. The van der Waals surface area contributed by atoms with Gasteiger partial charge in [-0.25, -0.2) is 8.78 Å². The normalized spacial score (nSPS) is 26.4. The predicted octanol–water partition coefficient (Wildman–Crippen LogP) is 6.02. The molecule has 3 fully saturated rings. The van der Waals surface area contributed by atoms with E-state index in [9.17, 15) is 14.7 Å². The van der Waals surface area contributed by atoms with Gasteiger partial charge >= 0.3 is 5.97 Å². The smallest absolute Gasteiger partial charge is 0.313 e.